The van der Waals surface area contributed by atoms with E-state index < -0.39 is 0 Å². The first-order valence-electron chi connectivity index (χ1n) is 4.37. The zero-order valence-electron chi connectivity index (χ0n) is 7.98. The molecule has 6 heteroatoms. The number of nitrogens with zero attached hydrogens (tertiary/aromatic N) is 1. The lowest BCUT2D eigenvalue weighted by Crippen LogP contribution is -2.11. The van der Waals surface area contributed by atoms with Crippen LogP contribution in [-0.4, -0.2) is 16.0 Å². The highest BCUT2D eigenvalue weighted by molar-refractivity contribution is 9.10. The van der Waals surface area contributed by atoms with Crippen LogP contribution < -0.4 is 5.32 Å². The minimum absolute atomic E-state index is 0.0726. The lowest BCUT2D eigenvalue weighted by Gasteiger charge is -2.05. The van der Waals surface area contributed by atoms with E-state index in [4.69, 9.17) is 0 Å². The Kier molecular flexibility index (Phi) is 3.21. The van der Waals surface area contributed by atoms with Gasteiger partial charge in [0.05, 0.1) is 10.0 Å². The summed E-state index contributed by atoms with van der Waals surface area (Å²) in [7, 11) is 0. The summed E-state index contributed by atoms with van der Waals surface area (Å²) >= 11 is 4.47. The first-order valence-corrected chi connectivity index (χ1v) is 6.04. The SMILES string of the molecule is O=C(Nc1nccs1)c1cccc(Br)c1O. The van der Waals surface area contributed by atoms with Gasteiger partial charge in [-0.15, -0.1) is 11.3 Å². The Hall–Kier alpha value is -1.40. The lowest BCUT2D eigenvalue weighted by molar-refractivity contribution is 0.102. The molecule has 1 amide bonds. The van der Waals surface area contributed by atoms with Crippen molar-refractivity contribution in [1.82, 2.24) is 4.98 Å². The molecule has 0 aliphatic rings. The van der Waals surface area contributed by atoms with Gasteiger partial charge in [-0.3, -0.25) is 10.1 Å². The maximum atomic E-state index is 11.8. The van der Waals surface area contributed by atoms with Gasteiger partial charge in [0.2, 0.25) is 0 Å². The highest BCUT2D eigenvalue weighted by Gasteiger charge is 2.13. The summed E-state index contributed by atoms with van der Waals surface area (Å²) in [6.45, 7) is 0. The molecule has 1 aromatic heterocycles. The van der Waals surface area contributed by atoms with E-state index in [1.807, 2.05) is 0 Å². The molecule has 2 rings (SSSR count). The van der Waals surface area contributed by atoms with Crippen molar-refractivity contribution >= 4 is 38.3 Å². The van der Waals surface area contributed by atoms with Crippen LogP contribution in [0.3, 0.4) is 0 Å². The fourth-order valence-electron chi connectivity index (χ4n) is 1.15. The molecule has 0 atom stereocenters. The number of nitrogens with one attached hydrogen (secondary N) is 1. The van der Waals surface area contributed by atoms with Gasteiger partial charge < -0.3 is 5.11 Å². The van der Waals surface area contributed by atoms with E-state index in [9.17, 15) is 9.90 Å². The van der Waals surface area contributed by atoms with Crippen LogP contribution in [0.5, 0.6) is 5.75 Å². The van der Waals surface area contributed by atoms with Crippen molar-refractivity contribution in [2.45, 2.75) is 0 Å². The van der Waals surface area contributed by atoms with E-state index in [0.29, 0.717) is 9.60 Å². The fraction of sp³-hybridized carbons (Fsp3) is 0. The molecule has 0 spiro atoms. The van der Waals surface area contributed by atoms with Crippen LogP contribution in [0.15, 0.2) is 34.2 Å². The molecule has 2 aromatic rings. The second-order valence-electron chi connectivity index (χ2n) is 2.93. The third-order valence-electron chi connectivity index (χ3n) is 1.88. The van der Waals surface area contributed by atoms with Crippen LogP contribution in [0.2, 0.25) is 0 Å². The second kappa shape index (κ2) is 4.63. The zero-order valence-corrected chi connectivity index (χ0v) is 10.4. The van der Waals surface area contributed by atoms with Crippen molar-refractivity contribution in [2.75, 3.05) is 5.32 Å². The summed E-state index contributed by atoms with van der Waals surface area (Å²) in [5.74, 6) is -0.453. The zero-order chi connectivity index (χ0) is 11.5. The van der Waals surface area contributed by atoms with E-state index in [-0.39, 0.29) is 17.2 Å². The van der Waals surface area contributed by atoms with Gasteiger partial charge in [0.1, 0.15) is 5.75 Å². The average Bonchev–Trinajstić information content (AvgIpc) is 2.74. The quantitative estimate of drug-likeness (QED) is 0.896. The number of anilines is 1. The van der Waals surface area contributed by atoms with Crippen molar-refractivity contribution in [1.29, 1.82) is 0 Å². The summed E-state index contributed by atoms with van der Waals surface area (Å²) in [5, 5.41) is 14.5. The second-order valence-corrected chi connectivity index (χ2v) is 4.68. The van der Waals surface area contributed by atoms with Gasteiger partial charge in [-0.05, 0) is 28.1 Å². The molecule has 0 unspecified atom stereocenters. The highest BCUT2D eigenvalue weighted by atomic mass is 79.9. The van der Waals surface area contributed by atoms with Crippen LogP contribution in [0.1, 0.15) is 10.4 Å². The third kappa shape index (κ3) is 2.23. The highest BCUT2D eigenvalue weighted by Crippen LogP contribution is 2.28. The van der Waals surface area contributed by atoms with Crippen LogP contribution in [0.4, 0.5) is 5.13 Å². The molecule has 2 N–H and O–H groups in total. The van der Waals surface area contributed by atoms with Crippen LogP contribution in [0, 0.1) is 0 Å². The summed E-state index contributed by atoms with van der Waals surface area (Å²) in [4.78, 5) is 15.7. The topological polar surface area (TPSA) is 62.2 Å². The number of aromatic nitrogens is 1. The van der Waals surface area contributed by atoms with E-state index >= 15 is 0 Å². The Balaban J connectivity index is 2.24. The number of carbonyl (C=O) groups is 1. The summed E-state index contributed by atoms with van der Waals surface area (Å²) in [5.41, 5.74) is 0.213. The standard InChI is InChI=1S/C10H7BrN2O2S/c11-7-3-1-2-6(8(7)14)9(15)13-10-12-4-5-16-10/h1-5,14H,(H,12,13,15). The Morgan fingerprint density at radius 3 is 3.00 bits per heavy atom. The normalized spacial score (nSPS) is 10.1. The monoisotopic (exact) mass is 298 g/mol. The number of halogens is 1. The smallest absolute Gasteiger partial charge is 0.261 e. The minimum atomic E-state index is -0.381. The van der Waals surface area contributed by atoms with Crippen molar-refractivity contribution in [3.05, 3.63) is 39.8 Å². The molecule has 0 bridgehead atoms. The van der Waals surface area contributed by atoms with Gasteiger partial charge in [0.15, 0.2) is 5.13 Å². The van der Waals surface area contributed by atoms with Gasteiger partial charge in [-0.25, -0.2) is 4.98 Å². The van der Waals surface area contributed by atoms with Gasteiger partial charge in [0, 0.05) is 11.6 Å². The Labute approximate surface area is 104 Å². The van der Waals surface area contributed by atoms with E-state index in [1.165, 1.54) is 11.3 Å². The first-order chi connectivity index (χ1) is 7.68. The predicted molar refractivity (Wildman–Crippen MR) is 65.9 cm³/mol. The number of carbonyl (C=O) groups excluding carboxylic acids is 1. The Morgan fingerprint density at radius 1 is 1.50 bits per heavy atom. The average molecular weight is 299 g/mol. The summed E-state index contributed by atoms with van der Waals surface area (Å²) in [6, 6.07) is 4.89. The van der Waals surface area contributed by atoms with Crippen molar-refractivity contribution in [2.24, 2.45) is 0 Å². The molecule has 4 nitrogen and oxygen atoms in total. The molecule has 1 heterocycles. The number of benzene rings is 1. The molecular formula is C10H7BrN2O2S. The van der Waals surface area contributed by atoms with E-state index in [1.54, 1.807) is 29.8 Å². The van der Waals surface area contributed by atoms with Gasteiger partial charge >= 0.3 is 0 Å². The lowest BCUT2D eigenvalue weighted by atomic mass is 10.2. The molecule has 16 heavy (non-hydrogen) atoms. The number of rotatable bonds is 2. The van der Waals surface area contributed by atoms with Crippen LogP contribution >= 0.6 is 27.3 Å². The summed E-state index contributed by atoms with van der Waals surface area (Å²) < 4.78 is 0.485. The summed E-state index contributed by atoms with van der Waals surface area (Å²) in [6.07, 6.45) is 1.60. The molecular weight excluding hydrogens is 292 g/mol. The Bertz CT molecular complexity index is 514. The number of thiazole rings is 1. The molecule has 0 radical (unpaired) electrons. The van der Waals surface area contributed by atoms with Gasteiger partial charge in [-0.2, -0.15) is 0 Å². The number of aromatic hydroxyl groups is 1. The van der Waals surface area contributed by atoms with E-state index in [0.717, 1.165) is 0 Å². The maximum Gasteiger partial charge on any atom is 0.261 e. The number of para-hydroxylation sites is 1. The number of phenols is 1. The molecule has 0 saturated carbocycles. The maximum absolute atomic E-state index is 11.8. The number of hydrogen-bond acceptors (Lipinski definition) is 4. The third-order valence-corrected chi connectivity index (χ3v) is 3.21. The van der Waals surface area contributed by atoms with Gasteiger partial charge in [-0.1, -0.05) is 6.07 Å². The number of hydrogen-bond donors (Lipinski definition) is 2. The molecule has 0 aliphatic heterocycles. The minimum Gasteiger partial charge on any atom is -0.506 e. The first kappa shape index (κ1) is 11.1. The van der Waals surface area contributed by atoms with Gasteiger partial charge in [0.25, 0.3) is 5.91 Å². The number of amides is 1. The van der Waals surface area contributed by atoms with E-state index in [2.05, 4.69) is 26.2 Å². The van der Waals surface area contributed by atoms with Crippen molar-refractivity contribution in [3.8, 4) is 5.75 Å². The molecule has 0 fully saturated rings. The molecule has 82 valence electrons. The van der Waals surface area contributed by atoms with Crippen LogP contribution in [0.25, 0.3) is 0 Å². The fourth-order valence-corrected chi connectivity index (χ4v) is 2.04. The largest absolute Gasteiger partial charge is 0.506 e. The van der Waals surface area contributed by atoms with Crippen LogP contribution in [-0.2, 0) is 0 Å². The number of phenolic OH excluding ortho intramolecular Hbond substituents is 1. The predicted octanol–water partition coefficient (Wildman–Crippen LogP) is 2.86. The van der Waals surface area contributed by atoms with Crippen molar-refractivity contribution < 1.29 is 9.90 Å². The van der Waals surface area contributed by atoms with Crippen molar-refractivity contribution in [3.63, 3.8) is 0 Å². The molecule has 0 aliphatic carbocycles. The Morgan fingerprint density at radius 2 is 2.31 bits per heavy atom. The molecule has 0 saturated heterocycles. The molecule has 1 aromatic carbocycles.